The Morgan fingerprint density at radius 2 is 1.62 bits per heavy atom. The summed E-state index contributed by atoms with van der Waals surface area (Å²) in [4.78, 5) is 0. The second-order valence-corrected chi connectivity index (χ2v) is 6.68. The van der Waals surface area contributed by atoms with E-state index < -0.39 is 0 Å². The lowest BCUT2D eigenvalue weighted by molar-refractivity contribution is 0.689. The van der Waals surface area contributed by atoms with Gasteiger partial charge in [-0.1, -0.05) is 62.0 Å². The molecule has 1 heteroatoms. The normalized spacial score (nSPS) is 15.7. The topological polar surface area (TPSA) is 0 Å². The Morgan fingerprint density at radius 3 is 2.17 bits per heavy atom. The lowest BCUT2D eigenvalue weighted by atomic mass is 9.97. The minimum atomic E-state index is 0.597. The third kappa shape index (κ3) is 10.8. The quantitative estimate of drug-likeness (QED) is 0.207. The van der Waals surface area contributed by atoms with Crippen LogP contribution in [0.1, 0.15) is 73.1 Å². The van der Waals surface area contributed by atoms with Crippen molar-refractivity contribution in [1.82, 2.24) is 0 Å². The highest BCUT2D eigenvalue weighted by Gasteiger charge is 2.03. The molecule has 0 rings (SSSR count). The summed E-state index contributed by atoms with van der Waals surface area (Å²) < 4.78 is 0. The second kappa shape index (κ2) is 15.6. The van der Waals surface area contributed by atoms with Gasteiger partial charge in [-0.25, -0.2) is 0 Å². The van der Waals surface area contributed by atoms with Crippen LogP contribution in [0, 0.1) is 5.92 Å². The predicted molar refractivity (Wildman–Crippen MR) is 116 cm³/mol. The van der Waals surface area contributed by atoms with Crippen molar-refractivity contribution >= 4 is 12.6 Å². The van der Waals surface area contributed by atoms with Gasteiger partial charge in [-0.05, 0) is 82.1 Å². The van der Waals surface area contributed by atoms with Crippen molar-refractivity contribution in [3.8, 4) is 0 Å². The third-order valence-electron chi connectivity index (χ3n) is 4.23. The van der Waals surface area contributed by atoms with Crippen LogP contribution < -0.4 is 0 Å². The van der Waals surface area contributed by atoms with Crippen LogP contribution in [0.25, 0.3) is 0 Å². The molecule has 0 aromatic carbocycles. The monoisotopic (exact) mass is 346 g/mol. The van der Waals surface area contributed by atoms with E-state index in [2.05, 4.69) is 89.8 Å². The summed E-state index contributed by atoms with van der Waals surface area (Å²) in [5, 5.41) is 0. The highest BCUT2D eigenvalue weighted by molar-refractivity contribution is 7.80. The van der Waals surface area contributed by atoms with E-state index in [1.165, 1.54) is 42.4 Å². The van der Waals surface area contributed by atoms with Crippen LogP contribution in [0.2, 0.25) is 0 Å². The summed E-state index contributed by atoms with van der Waals surface area (Å²) in [7, 11) is 0. The SMILES string of the molecule is C\C=C/C(CCCC/C(C=CCC)=C/C(CC)CS)=C(C)\C=C\C. The molecule has 0 spiro atoms. The van der Waals surface area contributed by atoms with Gasteiger partial charge in [0.1, 0.15) is 0 Å². The molecule has 24 heavy (non-hydrogen) atoms. The molecule has 0 aromatic rings. The highest BCUT2D eigenvalue weighted by Crippen LogP contribution is 2.20. The van der Waals surface area contributed by atoms with E-state index in [0.717, 1.165) is 18.6 Å². The number of unbranched alkanes of at least 4 members (excludes halogenated alkanes) is 1. The van der Waals surface area contributed by atoms with E-state index in [1.54, 1.807) is 0 Å². The molecule has 0 fully saturated rings. The molecule has 0 aromatic heterocycles. The Bertz CT molecular complexity index is 456. The van der Waals surface area contributed by atoms with Gasteiger partial charge in [-0.15, -0.1) is 0 Å². The molecule has 0 aliphatic carbocycles. The molecular weight excluding hydrogens is 308 g/mol. The fraction of sp³-hybridized carbons (Fsp3) is 0.565. The van der Waals surface area contributed by atoms with Gasteiger partial charge in [0.25, 0.3) is 0 Å². The molecule has 0 nitrogen and oxygen atoms in total. The number of hydrogen-bond donors (Lipinski definition) is 1. The maximum atomic E-state index is 4.47. The maximum absolute atomic E-state index is 4.47. The minimum Gasteiger partial charge on any atom is -0.179 e. The standard InChI is InChI=1S/C23H38S/c1-6-10-15-22(18-21(9-4)19-24)16-11-12-17-23(14-8-3)20(5)13-7-2/h7-8,10,13-15,18,21,24H,6,9,11-12,16-17,19H2,1-5H3/b13-7+,14-8-,15-10?,22-18+,23-20+. The van der Waals surface area contributed by atoms with Gasteiger partial charge in [0.05, 0.1) is 0 Å². The van der Waals surface area contributed by atoms with Crippen molar-refractivity contribution < 1.29 is 0 Å². The fourth-order valence-corrected chi connectivity index (χ4v) is 3.07. The van der Waals surface area contributed by atoms with Crippen LogP contribution in [-0.4, -0.2) is 5.75 Å². The zero-order chi connectivity index (χ0) is 18.2. The molecule has 0 aliphatic heterocycles. The van der Waals surface area contributed by atoms with Crippen LogP contribution in [0.4, 0.5) is 0 Å². The van der Waals surface area contributed by atoms with E-state index in [-0.39, 0.29) is 0 Å². The Kier molecular flexibility index (Phi) is 15.0. The van der Waals surface area contributed by atoms with Crippen molar-refractivity contribution in [3.63, 3.8) is 0 Å². The molecule has 0 saturated heterocycles. The van der Waals surface area contributed by atoms with E-state index in [9.17, 15) is 0 Å². The van der Waals surface area contributed by atoms with Crippen molar-refractivity contribution in [3.05, 3.63) is 59.3 Å². The molecule has 0 saturated carbocycles. The van der Waals surface area contributed by atoms with Crippen molar-refractivity contribution in [2.24, 2.45) is 5.92 Å². The zero-order valence-corrected chi connectivity index (χ0v) is 17.4. The smallest absolute Gasteiger partial charge is 0.00347 e. The van der Waals surface area contributed by atoms with Gasteiger partial charge in [-0.3, -0.25) is 0 Å². The highest BCUT2D eigenvalue weighted by atomic mass is 32.1. The summed E-state index contributed by atoms with van der Waals surface area (Å²) in [6.45, 7) is 10.8. The summed E-state index contributed by atoms with van der Waals surface area (Å²) in [6.07, 6.45) is 22.9. The van der Waals surface area contributed by atoms with Gasteiger partial charge in [0, 0.05) is 0 Å². The van der Waals surface area contributed by atoms with Crippen LogP contribution in [0.5, 0.6) is 0 Å². The Labute approximate surface area is 156 Å². The fourth-order valence-electron chi connectivity index (χ4n) is 2.71. The summed E-state index contributed by atoms with van der Waals surface area (Å²) in [6, 6.07) is 0. The van der Waals surface area contributed by atoms with Crippen molar-refractivity contribution in [1.29, 1.82) is 0 Å². The first-order valence-corrected chi connectivity index (χ1v) is 10.2. The summed E-state index contributed by atoms with van der Waals surface area (Å²) >= 11 is 4.47. The third-order valence-corrected chi connectivity index (χ3v) is 4.70. The molecule has 0 radical (unpaired) electrons. The first-order chi connectivity index (χ1) is 11.6. The van der Waals surface area contributed by atoms with Gasteiger partial charge < -0.3 is 0 Å². The van der Waals surface area contributed by atoms with E-state index in [1.807, 2.05) is 0 Å². The second-order valence-electron chi connectivity index (χ2n) is 6.32. The summed E-state index contributed by atoms with van der Waals surface area (Å²) in [5.74, 6) is 1.54. The molecule has 0 amide bonds. The number of hydrogen-bond acceptors (Lipinski definition) is 1. The van der Waals surface area contributed by atoms with Crippen LogP contribution in [0.3, 0.4) is 0 Å². The predicted octanol–water partition coefficient (Wildman–Crippen LogP) is 7.86. The molecule has 136 valence electrons. The summed E-state index contributed by atoms with van der Waals surface area (Å²) in [5.41, 5.74) is 4.34. The first kappa shape index (κ1) is 23.1. The van der Waals surface area contributed by atoms with E-state index in [0.29, 0.717) is 5.92 Å². The van der Waals surface area contributed by atoms with Gasteiger partial charge >= 0.3 is 0 Å². The maximum Gasteiger partial charge on any atom is -0.00347 e. The molecule has 0 bridgehead atoms. The van der Waals surface area contributed by atoms with Crippen molar-refractivity contribution in [2.75, 3.05) is 5.75 Å². The van der Waals surface area contributed by atoms with E-state index in [4.69, 9.17) is 0 Å². The van der Waals surface area contributed by atoms with Gasteiger partial charge in [-0.2, -0.15) is 12.6 Å². The van der Waals surface area contributed by atoms with Crippen LogP contribution >= 0.6 is 12.6 Å². The lowest BCUT2D eigenvalue weighted by Crippen LogP contribution is -1.97. The molecule has 0 heterocycles. The number of rotatable bonds is 12. The van der Waals surface area contributed by atoms with Crippen LogP contribution in [-0.2, 0) is 0 Å². The Balaban J connectivity index is 4.71. The van der Waals surface area contributed by atoms with Crippen LogP contribution in [0.15, 0.2) is 59.3 Å². The number of thiol groups is 1. The molecule has 0 N–H and O–H groups in total. The average Bonchev–Trinajstić information content (AvgIpc) is 2.59. The average molecular weight is 347 g/mol. The molecule has 0 aliphatic rings. The van der Waals surface area contributed by atoms with Crippen molar-refractivity contribution in [2.45, 2.75) is 73.1 Å². The Morgan fingerprint density at radius 1 is 0.958 bits per heavy atom. The molecule has 1 unspecified atom stereocenters. The largest absolute Gasteiger partial charge is 0.179 e. The molecule has 1 atom stereocenters. The van der Waals surface area contributed by atoms with Gasteiger partial charge in [0.15, 0.2) is 0 Å². The first-order valence-electron chi connectivity index (χ1n) is 9.56. The zero-order valence-electron chi connectivity index (χ0n) is 16.5. The van der Waals surface area contributed by atoms with Gasteiger partial charge in [0.2, 0.25) is 0 Å². The molecular formula is C23H38S. The minimum absolute atomic E-state index is 0.597. The number of allylic oxidation sites excluding steroid dienone is 10. The lowest BCUT2D eigenvalue weighted by Gasteiger charge is -2.10. The van der Waals surface area contributed by atoms with E-state index >= 15 is 0 Å². The Hall–Kier alpha value is -0.950.